The minimum atomic E-state index is -4.93. The fourth-order valence-electron chi connectivity index (χ4n) is 9.52. The van der Waals surface area contributed by atoms with Gasteiger partial charge in [0, 0.05) is 0 Å². The quantitative estimate of drug-likeness (QED) is 0.147. The van der Waals surface area contributed by atoms with Gasteiger partial charge in [-0.15, -0.1) is 0 Å². The molecular weight excluding hydrogens is 767 g/mol. The molecule has 0 aliphatic heterocycles. The van der Waals surface area contributed by atoms with E-state index in [2.05, 4.69) is 173 Å². The zero-order valence-corrected chi connectivity index (χ0v) is 39.0. The van der Waals surface area contributed by atoms with E-state index in [4.69, 9.17) is 17.0 Å². The maximum absolute atomic E-state index is 8.85. The van der Waals surface area contributed by atoms with Crippen molar-refractivity contribution in [1.82, 2.24) is 0 Å². The summed E-state index contributed by atoms with van der Waals surface area (Å²) < 4.78 is 0.165. The molecule has 3 unspecified atom stereocenters. The van der Waals surface area contributed by atoms with Gasteiger partial charge in [0.2, 0.25) is 0 Å². The third-order valence-corrected chi connectivity index (χ3v) is 64.6. The molecule has 0 radical (unpaired) electrons. The first-order chi connectivity index (χ1) is 24.3. The summed E-state index contributed by atoms with van der Waals surface area (Å²) in [6.07, 6.45) is 8.44. The van der Waals surface area contributed by atoms with E-state index in [1.807, 2.05) is 0 Å². The van der Waals surface area contributed by atoms with Crippen LogP contribution in [-0.4, -0.2) is 5.92 Å². The van der Waals surface area contributed by atoms with Crippen LogP contribution in [0.15, 0.2) is 90.0 Å². The summed E-state index contributed by atoms with van der Waals surface area (Å²) in [5.74, 6) is -1.23. The molecule has 0 saturated heterocycles. The van der Waals surface area contributed by atoms with Gasteiger partial charge in [-0.2, -0.15) is 0 Å². The molecule has 0 spiro atoms. The summed E-state index contributed by atoms with van der Waals surface area (Å²) in [6, 6.07) is 30.2. The number of hydrogen-bond acceptors (Lipinski definition) is 0. The van der Waals surface area contributed by atoms with Crippen molar-refractivity contribution < 1.29 is 15.6 Å². The van der Waals surface area contributed by atoms with E-state index < -0.39 is 21.5 Å². The van der Waals surface area contributed by atoms with E-state index in [9.17, 15) is 0 Å². The van der Waals surface area contributed by atoms with Crippen molar-refractivity contribution in [1.29, 1.82) is 0 Å². The molecule has 2 aliphatic rings. The predicted octanol–water partition coefficient (Wildman–Crippen LogP) is 15.3. The van der Waals surface area contributed by atoms with Crippen LogP contribution in [0.2, 0.25) is 13.1 Å². The van der Waals surface area contributed by atoms with Gasteiger partial charge in [-0.25, -0.2) is 0 Å². The van der Waals surface area contributed by atoms with E-state index >= 15 is 0 Å². The Kier molecular flexibility index (Phi) is 10.9. The molecule has 3 atom stereocenters. The number of hydrogen-bond donors (Lipinski definition) is 0. The van der Waals surface area contributed by atoms with Crippen molar-refractivity contribution >= 4 is 35.1 Å². The molecule has 0 aromatic heterocycles. The monoisotopic (exact) mass is 825 g/mol. The van der Waals surface area contributed by atoms with Gasteiger partial charge < -0.3 is 0 Å². The molecule has 275 valence electrons. The van der Waals surface area contributed by atoms with E-state index in [0.717, 1.165) is 19.3 Å². The normalized spacial score (nSPS) is 18.8. The number of rotatable bonds is 9. The van der Waals surface area contributed by atoms with Crippen molar-refractivity contribution in [3.05, 3.63) is 129 Å². The summed E-state index contributed by atoms with van der Waals surface area (Å²) >= 11 is -4.93. The van der Waals surface area contributed by atoms with Gasteiger partial charge in [-0.3, -0.25) is 0 Å². The average Bonchev–Trinajstić information content (AvgIpc) is 3.66. The average molecular weight is 828 g/mol. The molecule has 0 N–H and O–H groups in total. The zero-order valence-electron chi connectivity index (χ0n) is 33.8. The predicted molar refractivity (Wildman–Crippen MR) is 232 cm³/mol. The summed E-state index contributed by atoms with van der Waals surface area (Å²) in [5.41, 5.74) is 17.7. The summed E-state index contributed by atoms with van der Waals surface area (Å²) in [4.78, 5) is 0. The van der Waals surface area contributed by atoms with Crippen LogP contribution in [-0.2, 0) is 26.4 Å². The molecule has 52 heavy (non-hydrogen) atoms. The molecule has 0 nitrogen and oxygen atoms in total. The fourth-order valence-corrected chi connectivity index (χ4v) is 41.5. The Labute approximate surface area is 324 Å². The van der Waals surface area contributed by atoms with Crippen LogP contribution >= 0.6 is 17.0 Å². The van der Waals surface area contributed by atoms with E-state index in [1.165, 1.54) is 72.3 Å². The van der Waals surface area contributed by atoms with Crippen LogP contribution in [0.3, 0.4) is 0 Å². The molecule has 0 heterocycles. The minimum absolute atomic E-state index is 0.0773. The van der Waals surface area contributed by atoms with Crippen molar-refractivity contribution in [2.75, 3.05) is 0 Å². The second kappa shape index (κ2) is 14.3. The first kappa shape index (κ1) is 39.7. The number of allylic oxidation sites excluding steroid dienone is 2. The van der Waals surface area contributed by atoms with Gasteiger partial charge in [-0.1, -0.05) is 0 Å². The molecule has 4 aromatic carbocycles. The third-order valence-electron chi connectivity index (χ3n) is 12.6. The molecule has 0 saturated carbocycles. The molecule has 0 bridgehead atoms. The topological polar surface area (TPSA) is 0 Å². The Bertz CT molecular complexity index is 2030. The van der Waals surface area contributed by atoms with Crippen LogP contribution in [0.1, 0.15) is 128 Å². The van der Waals surface area contributed by atoms with Crippen LogP contribution in [0.25, 0.3) is 34.4 Å². The van der Waals surface area contributed by atoms with Gasteiger partial charge in [0.1, 0.15) is 0 Å². The standard InChI is InChI=1S/C25H31.C21H23.C2H7Si.2ClH.Zr/c1-6-9-18(7-2)21-16-20-10-8-11-23(24(20)17-21)19-12-14-22(15-13-19)25(3,4)5;1-14-12-19-15(2)6-11-18(20(19)13-14)16-7-9-17(10-8-16)21(3,4)5;1-3-2;;;/h8,10-18H,6-7,9H2,1-5H3;6-13H,1-5H3;3H,1-2H3;2*1H;/q;;;;;+2/p-2. The van der Waals surface area contributed by atoms with Gasteiger partial charge >= 0.3 is 327 Å². The Morgan fingerprint density at radius 2 is 1.21 bits per heavy atom. The van der Waals surface area contributed by atoms with Crippen LogP contribution in [0, 0.1) is 12.8 Å². The number of benzene rings is 4. The zero-order chi connectivity index (χ0) is 38.0. The summed E-state index contributed by atoms with van der Waals surface area (Å²) in [6.45, 7) is 28.0. The maximum atomic E-state index is 8.85. The van der Waals surface area contributed by atoms with Crippen LogP contribution in [0.4, 0.5) is 0 Å². The Hall–Kier alpha value is -1.96. The number of halogens is 2. The van der Waals surface area contributed by atoms with E-state index in [-0.39, 0.29) is 18.1 Å². The molecular formula is C48H61Cl2SiZr. The summed E-state index contributed by atoms with van der Waals surface area (Å²) in [5, 5.41) is 0. The molecule has 0 amide bonds. The van der Waals surface area contributed by atoms with Gasteiger partial charge in [0.25, 0.3) is 0 Å². The fraction of sp³-hybridized carbons (Fsp3) is 0.417. The second-order valence-corrected chi connectivity index (χ2v) is 60.9. The Balaban J connectivity index is 1.57. The van der Waals surface area contributed by atoms with Crippen molar-refractivity contribution in [2.24, 2.45) is 5.92 Å². The molecule has 6 rings (SSSR count). The molecule has 4 heteroatoms. The molecule has 0 fully saturated rings. The third kappa shape index (κ3) is 6.69. The SMILES string of the molecule is CCCC(CC)C1=Cc2c(-c3ccc(C(C)(C)C)cc3)cccc2[CH]1[Zr]([Cl])([Cl])([CH]1C(C)=Cc2c(-c3ccc(C(C)(C)C)cc3)ccc(C)c21)[SiH](C)C. The Morgan fingerprint density at radius 1 is 0.673 bits per heavy atom. The van der Waals surface area contributed by atoms with Gasteiger partial charge in [0.05, 0.1) is 0 Å². The molecule has 2 aliphatic carbocycles. The number of fused-ring (bicyclic) bond motifs is 2. The van der Waals surface area contributed by atoms with Gasteiger partial charge in [-0.05, 0) is 0 Å². The van der Waals surface area contributed by atoms with Crippen molar-refractivity contribution in [3.8, 4) is 22.3 Å². The number of aryl methyl sites for hydroxylation is 1. The Morgan fingerprint density at radius 3 is 1.69 bits per heavy atom. The van der Waals surface area contributed by atoms with Crippen molar-refractivity contribution in [3.63, 3.8) is 0 Å². The van der Waals surface area contributed by atoms with E-state index in [1.54, 1.807) is 0 Å². The first-order valence-electron chi connectivity index (χ1n) is 19.8. The summed E-state index contributed by atoms with van der Waals surface area (Å²) in [7, 11) is 17.7. The van der Waals surface area contributed by atoms with Crippen LogP contribution < -0.4 is 0 Å². The van der Waals surface area contributed by atoms with Crippen molar-refractivity contribution in [2.45, 2.75) is 120 Å². The van der Waals surface area contributed by atoms with Crippen LogP contribution in [0.5, 0.6) is 0 Å². The first-order valence-corrected chi connectivity index (χ1v) is 36.1. The molecule has 4 aromatic rings. The second-order valence-electron chi connectivity index (χ2n) is 18.4. The van der Waals surface area contributed by atoms with E-state index in [0.29, 0.717) is 5.92 Å². The van der Waals surface area contributed by atoms with Gasteiger partial charge in [0.15, 0.2) is 0 Å².